The van der Waals surface area contributed by atoms with E-state index in [4.69, 9.17) is 9.98 Å². The summed E-state index contributed by atoms with van der Waals surface area (Å²) in [7, 11) is 0. The van der Waals surface area contributed by atoms with Gasteiger partial charge in [0.15, 0.2) is 0 Å². The SMILES string of the molecule is CC12CCC(CC1=Nc1cccc(N=C3CC4CCC3(C)C4(C)C)c1)C2(C)C. The van der Waals surface area contributed by atoms with Crippen LogP contribution in [0.15, 0.2) is 34.3 Å². The molecule has 0 N–H and O–H groups in total. The summed E-state index contributed by atoms with van der Waals surface area (Å²) in [4.78, 5) is 10.4. The zero-order valence-electron chi connectivity index (χ0n) is 18.6. The van der Waals surface area contributed by atoms with Crippen molar-refractivity contribution in [1.29, 1.82) is 0 Å². The summed E-state index contributed by atoms with van der Waals surface area (Å²) in [6.45, 7) is 14.7. The van der Waals surface area contributed by atoms with Gasteiger partial charge >= 0.3 is 0 Å². The average molecular weight is 377 g/mol. The Morgan fingerprint density at radius 2 is 1.14 bits per heavy atom. The molecule has 4 aliphatic carbocycles. The topological polar surface area (TPSA) is 24.7 Å². The van der Waals surface area contributed by atoms with Gasteiger partial charge in [-0.2, -0.15) is 0 Å². The monoisotopic (exact) mass is 376 g/mol. The van der Waals surface area contributed by atoms with Crippen molar-refractivity contribution in [3.05, 3.63) is 24.3 Å². The second-order valence-corrected chi connectivity index (χ2v) is 11.6. The molecular weight excluding hydrogens is 340 g/mol. The third-order valence-corrected chi connectivity index (χ3v) is 10.4. The van der Waals surface area contributed by atoms with Gasteiger partial charge in [0.1, 0.15) is 0 Å². The van der Waals surface area contributed by atoms with Crippen LogP contribution in [0.5, 0.6) is 0 Å². The zero-order chi connectivity index (χ0) is 19.9. The van der Waals surface area contributed by atoms with Gasteiger partial charge in [0.25, 0.3) is 0 Å². The Kier molecular flexibility index (Phi) is 3.70. The van der Waals surface area contributed by atoms with Gasteiger partial charge in [0, 0.05) is 22.3 Å². The molecule has 4 atom stereocenters. The molecule has 1 aromatic rings. The van der Waals surface area contributed by atoms with Crippen molar-refractivity contribution < 1.29 is 0 Å². The zero-order valence-corrected chi connectivity index (χ0v) is 18.6. The highest BCUT2D eigenvalue weighted by Gasteiger charge is 2.60. The molecule has 0 aliphatic heterocycles. The number of nitrogens with zero attached hydrogens (tertiary/aromatic N) is 2. The summed E-state index contributed by atoms with van der Waals surface area (Å²) >= 11 is 0. The molecule has 0 amide bonds. The summed E-state index contributed by atoms with van der Waals surface area (Å²) in [5.41, 5.74) is 6.32. The molecule has 4 bridgehead atoms. The van der Waals surface area contributed by atoms with E-state index in [-0.39, 0.29) is 10.8 Å². The molecule has 0 heterocycles. The number of benzene rings is 1. The van der Waals surface area contributed by atoms with Gasteiger partial charge in [-0.1, -0.05) is 47.6 Å². The van der Waals surface area contributed by atoms with Crippen LogP contribution in [-0.4, -0.2) is 11.4 Å². The molecule has 0 radical (unpaired) electrons. The number of hydrogen-bond acceptors (Lipinski definition) is 2. The molecule has 1 aromatic carbocycles. The lowest BCUT2D eigenvalue weighted by atomic mass is 9.70. The fraction of sp³-hybridized carbons (Fsp3) is 0.692. The quantitative estimate of drug-likeness (QED) is 0.510. The number of rotatable bonds is 2. The van der Waals surface area contributed by atoms with E-state index in [1.54, 1.807) is 0 Å². The van der Waals surface area contributed by atoms with Crippen LogP contribution in [0.2, 0.25) is 0 Å². The van der Waals surface area contributed by atoms with Crippen molar-refractivity contribution in [3.63, 3.8) is 0 Å². The third-order valence-electron chi connectivity index (χ3n) is 10.4. The van der Waals surface area contributed by atoms with Crippen molar-refractivity contribution in [3.8, 4) is 0 Å². The fourth-order valence-electron chi connectivity index (χ4n) is 7.14. The molecule has 2 nitrogen and oxygen atoms in total. The highest BCUT2D eigenvalue weighted by Crippen LogP contribution is 2.65. The van der Waals surface area contributed by atoms with Gasteiger partial charge < -0.3 is 0 Å². The summed E-state index contributed by atoms with van der Waals surface area (Å²) in [6.07, 6.45) is 7.67. The number of hydrogen-bond donors (Lipinski definition) is 0. The first kappa shape index (κ1) is 18.6. The van der Waals surface area contributed by atoms with Gasteiger partial charge in [-0.15, -0.1) is 0 Å². The lowest BCUT2D eigenvalue weighted by molar-refractivity contribution is 0.194. The van der Waals surface area contributed by atoms with Crippen molar-refractivity contribution in [2.75, 3.05) is 0 Å². The summed E-state index contributed by atoms with van der Waals surface area (Å²) in [5.74, 6) is 1.60. The lowest BCUT2D eigenvalue weighted by Gasteiger charge is -2.34. The summed E-state index contributed by atoms with van der Waals surface area (Å²) in [5, 5.41) is 0. The Balaban J connectivity index is 1.46. The molecule has 4 fully saturated rings. The molecule has 5 rings (SSSR count). The fourth-order valence-corrected chi connectivity index (χ4v) is 7.14. The van der Waals surface area contributed by atoms with Gasteiger partial charge in [0.05, 0.1) is 11.4 Å². The Labute approximate surface area is 170 Å². The molecule has 0 saturated heterocycles. The average Bonchev–Trinajstić information content (AvgIpc) is 3.14. The first-order chi connectivity index (χ1) is 13.1. The second kappa shape index (κ2) is 5.58. The van der Waals surface area contributed by atoms with Crippen LogP contribution in [0, 0.1) is 33.5 Å². The minimum atomic E-state index is 0.266. The lowest BCUT2D eigenvalue weighted by Crippen LogP contribution is -2.32. The van der Waals surface area contributed by atoms with Gasteiger partial charge in [-0.25, -0.2) is 0 Å². The Hall–Kier alpha value is -1.44. The molecular formula is C26H36N2. The van der Waals surface area contributed by atoms with Crippen molar-refractivity contribution in [2.45, 2.75) is 80.1 Å². The van der Waals surface area contributed by atoms with E-state index in [0.717, 1.165) is 23.2 Å². The molecule has 28 heavy (non-hydrogen) atoms. The minimum Gasteiger partial charge on any atom is -0.257 e. The first-order valence-electron chi connectivity index (χ1n) is 11.3. The van der Waals surface area contributed by atoms with Gasteiger partial charge in [0.2, 0.25) is 0 Å². The maximum absolute atomic E-state index is 5.18. The highest BCUT2D eigenvalue weighted by atomic mass is 14.9. The second-order valence-electron chi connectivity index (χ2n) is 11.6. The van der Waals surface area contributed by atoms with Crippen LogP contribution >= 0.6 is 0 Å². The van der Waals surface area contributed by atoms with E-state index in [1.165, 1.54) is 49.9 Å². The molecule has 2 heteroatoms. The maximum atomic E-state index is 5.18. The standard InChI is InChI=1S/C26H36N2/c1-23(2)17-10-12-25(23,5)21(14-17)27-19-8-7-9-20(16-19)28-22-15-18-11-13-26(22,6)24(18,3)4/h7-9,16-18H,10-15H2,1-6H3. The van der Waals surface area contributed by atoms with Gasteiger partial charge in [-0.3, -0.25) is 9.98 Å². The first-order valence-corrected chi connectivity index (χ1v) is 11.3. The number of fused-ring (bicyclic) bond motifs is 4. The van der Waals surface area contributed by atoms with E-state index in [1.807, 2.05) is 0 Å². The predicted octanol–water partition coefficient (Wildman–Crippen LogP) is 7.52. The van der Waals surface area contributed by atoms with Crippen LogP contribution in [0.4, 0.5) is 11.4 Å². The molecule has 4 aliphatic rings. The molecule has 0 spiro atoms. The molecule has 4 saturated carbocycles. The minimum absolute atomic E-state index is 0.266. The third kappa shape index (κ3) is 2.21. The van der Waals surface area contributed by atoms with Crippen molar-refractivity contribution in [1.82, 2.24) is 0 Å². The van der Waals surface area contributed by atoms with Crippen LogP contribution in [-0.2, 0) is 0 Å². The van der Waals surface area contributed by atoms with Crippen LogP contribution in [0.3, 0.4) is 0 Å². The maximum Gasteiger partial charge on any atom is 0.0650 e. The largest absolute Gasteiger partial charge is 0.257 e. The Bertz CT molecular complexity index is 820. The van der Waals surface area contributed by atoms with Gasteiger partial charge in [-0.05, 0) is 79.4 Å². The Morgan fingerprint density at radius 1 is 0.714 bits per heavy atom. The van der Waals surface area contributed by atoms with Crippen LogP contribution in [0.25, 0.3) is 0 Å². The summed E-state index contributed by atoms with van der Waals surface area (Å²) in [6, 6.07) is 8.67. The van der Waals surface area contributed by atoms with E-state index < -0.39 is 0 Å². The van der Waals surface area contributed by atoms with E-state index in [2.05, 4.69) is 65.8 Å². The van der Waals surface area contributed by atoms with Crippen LogP contribution in [0.1, 0.15) is 80.1 Å². The van der Waals surface area contributed by atoms with Crippen molar-refractivity contribution >= 4 is 22.8 Å². The molecule has 150 valence electrons. The molecule has 0 aromatic heterocycles. The van der Waals surface area contributed by atoms with E-state index in [0.29, 0.717) is 10.8 Å². The van der Waals surface area contributed by atoms with E-state index in [9.17, 15) is 0 Å². The Morgan fingerprint density at radius 3 is 1.46 bits per heavy atom. The highest BCUT2D eigenvalue weighted by molar-refractivity contribution is 5.97. The number of aliphatic imine (C=N–C) groups is 2. The predicted molar refractivity (Wildman–Crippen MR) is 119 cm³/mol. The van der Waals surface area contributed by atoms with E-state index >= 15 is 0 Å². The smallest absolute Gasteiger partial charge is 0.0650 e. The van der Waals surface area contributed by atoms with Crippen LogP contribution < -0.4 is 0 Å². The van der Waals surface area contributed by atoms with Crippen molar-refractivity contribution in [2.24, 2.45) is 43.5 Å². The summed E-state index contributed by atoms with van der Waals surface area (Å²) < 4.78 is 0. The normalized spacial score (nSPS) is 42.8. The molecule has 4 unspecified atom stereocenters.